The number of nitrogens with zero attached hydrogens (tertiary/aromatic N) is 5. The summed E-state index contributed by atoms with van der Waals surface area (Å²) >= 11 is 0. The molecule has 0 aliphatic heterocycles. The quantitative estimate of drug-likeness (QED) is 0.0561. The number of amides is 1. The van der Waals surface area contributed by atoms with Crippen LogP contribution in [-0.2, 0) is 11.4 Å². The molecule has 1 aliphatic rings. The van der Waals surface area contributed by atoms with E-state index >= 15 is 0 Å². The Hall–Kier alpha value is -8.62. The molecule has 0 bridgehead atoms. The molecule has 14 nitrogen and oxygen atoms in total. The Morgan fingerprint density at radius 1 is 0.607 bits per heavy atom. The summed E-state index contributed by atoms with van der Waals surface area (Å²) in [5.41, 5.74) is 7.46. The molecular weight excluding hydrogens is 775 g/mol. The number of carbonyl (C=O) groups is 2. The van der Waals surface area contributed by atoms with Gasteiger partial charge in [0.05, 0.1) is 27.5 Å². The fraction of sp³-hybridized carbons (Fsp3) is 0.0213. The molecule has 0 radical (unpaired) electrons. The van der Waals surface area contributed by atoms with Crippen molar-refractivity contribution in [2.45, 2.75) is 6.61 Å². The van der Waals surface area contributed by atoms with Crippen molar-refractivity contribution in [1.82, 2.24) is 0 Å². The highest BCUT2D eigenvalue weighted by atomic mass is 16.6. The van der Waals surface area contributed by atoms with E-state index in [1.807, 2.05) is 60.7 Å². The topological polar surface area (TPSA) is 200 Å². The highest BCUT2D eigenvalue weighted by Gasteiger charge is 2.28. The van der Waals surface area contributed by atoms with E-state index in [0.717, 1.165) is 11.1 Å². The fourth-order valence-electron chi connectivity index (χ4n) is 7.14. The highest BCUT2D eigenvalue weighted by molar-refractivity contribution is 6.22. The van der Waals surface area contributed by atoms with Crippen LogP contribution < -0.4 is 10.8 Å². The van der Waals surface area contributed by atoms with Crippen LogP contribution in [0.25, 0.3) is 32.7 Å². The summed E-state index contributed by atoms with van der Waals surface area (Å²) in [5, 5.41) is 56.7. The number of nitro benzene ring substituents is 1. The number of nitro groups is 1. The van der Waals surface area contributed by atoms with Gasteiger partial charge in [-0.1, -0.05) is 78.9 Å². The number of phenolic OH excluding ortho intramolecular Hbond substituents is 2. The van der Waals surface area contributed by atoms with Gasteiger partial charge in [-0.25, -0.2) is 0 Å². The number of azo groups is 2. The molecule has 8 aromatic rings. The van der Waals surface area contributed by atoms with Crippen molar-refractivity contribution < 1.29 is 29.6 Å². The van der Waals surface area contributed by atoms with Gasteiger partial charge in [0.1, 0.15) is 23.7 Å². The number of hydrogen-bond donors (Lipinski definition) is 4. The second kappa shape index (κ2) is 16.0. The van der Waals surface area contributed by atoms with Crippen LogP contribution in [0.15, 0.2) is 172 Å². The predicted octanol–water partition coefficient (Wildman–Crippen LogP) is 12.2. The predicted molar refractivity (Wildman–Crippen MR) is 231 cm³/mol. The Bertz CT molecular complexity index is 3130. The van der Waals surface area contributed by atoms with Crippen LogP contribution in [0.2, 0.25) is 0 Å². The first-order valence-corrected chi connectivity index (χ1v) is 18.9. The lowest BCUT2D eigenvalue weighted by Gasteiger charge is -2.12. The molecule has 14 heteroatoms. The summed E-state index contributed by atoms with van der Waals surface area (Å²) in [5.74, 6) is -1.42. The molecule has 0 fully saturated rings. The maximum absolute atomic E-state index is 13.8. The molecule has 1 amide bonds. The Labute approximate surface area is 346 Å². The van der Waals surface area contributed by atoms with E-state index in [-0.39, 0.29) is 40.8 Å². The van der Waals surface area contributed by atoms with Crippen molar-refractivity contribution in [3.8, 4) is 22.6 Å². The lowest BCUT2D eigenvalue weighted by atomic mass is 10.0. The largest absolute Gasteiger partial charge is 0.505 e. The number of ketones is 1. The lowest BCUT2D eigenvalue weighted by molar-refractivity contribution is -0.384. The SMILES string of the molecule is O=C1c2cc(N=Nc3c(O)c(CONc4ccccc4)cc4ccccc34)ccc2-c2ccc(N=Nc3c(O)c(C(=O)Nc4ccc([N+](=O)[O-])cc4)cc4ccccc34)cc21. The molecule has 9 rings (SSSR count). The number of carbonyl (C=O) groups excluding carboxylic acids is 2. The van der Waals surface area contributed by atoms with E-state index in [1.54, 1.807) is 60.7 Å². The minimum Gasteiger partial charge on any atom is -0.505 e. The number of rotatable bonds is 11. The van der Waals surface area contributed by atoms with Gasteiger partial charge in [-0.3, -0.25) is 30.0 Å². The zero-order chi connectivity index (χ0) is 42.0. The summed E-state index contributed by atoms with van der Waals surface area (Å²) in [6, 6.07) is 42.8. The van der Waals surface area contributed by atoms with E-state index in [4.69, 9.17) is 4.84 Å². The van der Waals surface area contributed by atoms with Gasteiger partial charge >= 0.3 is 0 Å². The standard InChI is InChI=1S/C47H31N7O7/c55-44-29(26-61-53-31-10-2-1-3-11-31)22-27-8-4-6-12-35(27)42(44)51-49-32-16-20-37-38-21-17-33(25-40(38)45(56)39(37)24-32)50-52-43-36-13-7-5-9-28(36)23-41(46(43)57)47(58)48-30-14-18-34(19-15-30)54(59)60/h1-25,53,55,57H,26H2,(H,48,58). The first kappa shape index (κ1) is 37.9. The second-order valence-corrected chi connectivity index (χ2v) is 14.0. The van der Waals surface area contributed by atoms with E-state index in [0.29, 0.717) is 61.0 Å². The summed E-state index contributed by atoms with van der Waals surface area (Å²) in [6.07, 6.45) is 0. The van der Waals surface area contributed by atoms with Crippen molar-refractivity contribution in [2.24, 2.45) is 20.5 Å². The molecule has 61 heavy (non-hydrogen) atoms. The number of hydrogen-bond acceptors (Lipinski definition) is 12. The lowest BCUT2D eigenvalue weighted by Crippen LogP contribution is -2.12. The monoisotopic (exact) mass is 805 g/mol. The van der Waals surface area contributed by atoms with Gasteiger partial charge in [0.2, 0.25) is 0 Å². The molecule has 0 atom stereocenters. The summed E-state index contributed by atoms with van der Waals surface area (Å²) in [6.45, 7) is 0.0503. The van der Waals surface area contributed by atoms with Crippen LogP contribution in [0.1, 0.15) is 31.8 Å². The van der Waals surface area contributed by atoms with Gasteiger partial charge in [-0.2, -0.15) is 10.2 Å². The smallest absolute Gasteiger partial charge is 0.269 e. The summed E-state index contributed by atoms with van der Waals surface area (Å²) in [7, 11) is 0. The fourth-order valence-corrected chi connectivity index (χ4v) is 7.14. The third-order valence-electron chi connectivity index (χ3n) is 10.2. The first-order chi connectivity index (χ1) is 29.7. The Kier molecular flexibility index (Phi) is 9.93. The minimum atomic E-state index is -0.659. The average Bonchev–Trinajstić information content (AvgIpc) is 3.56. The van der Waals surface area contributed by atoms with Crippen LogP contribution in [0.4, 0.5) is 39.8 Å². The van der Waals surface area contributed by atoms with Crippen LogP contribution in [0.5, 0.6) is 11.5 Å². The number of phenols is 2. The molecular formula is C47H31N7O7. The maximum Gasteiger partial charge on any atom is 0.269 e. The van der Waals surface area contributed by atoms with E-state index in [2.05, 4.69) is 31.3 Å². The summed E-state index contributed by atoms with van der Waals surface area (Å²) < 4.78 is 0. The number of anilines is 2. The van der Waals surface area contributed by atoms with Crippen molar-refractivity contribution in [2.75, 3.05) is 10.8 Å². The Morgan fingerprint density at radius 3 is 1.77 bits per heavy atom. The number of aromatic hydroxyl groups is 2. The normalized spacial score (nSPS) is 12.0. The molecule has 0 saturated heterocycles. The Morgan fingerprint density at radius 2 is 1.16 bits per heavy atom. The van der Waals surface area contributed by atoms with E-state index in [1.165, 1.54) is 30.3 Å². The molecule has 0 heterocycles. The third kappa shape index (κ3) is 7.48. The van der Waals surface area contributed by atoms with Crippen LogP contribution in [-0.4, -0.2) is 26.8 Å². The molecule has 0 saturated carbocycles. The third-order valence-corrected chi connectivity index (χ3v) is 10.2. The second-order valence-electron chi connectivity index (χ2n) is 14.0. The number of para-hydroxylation sites is 1. The van der Waals surface area contributed by atoms with Crippen LogP contribution >= 0.6 is 0 Å². The van der Waals surface area contributed by atoms with Gasteiger partial charge in [-0.15, -0.1) is 10.2 Å². The highest BCUT2D eigenvalue weighted by Crippen LogP contribution is 2.44. The number of benzene rings is 8. The zero-order valence-corrected chi connectivity index (χ0v) is 31.8. The Balaban J connectivity index is 0.962. The zero-order valence-electron chi connectivity index (χ0n) is 31.8. The molecule has 296 valence electrons. The van der Waals surface area contributed by atoms with E-state index in [9.17, 15) is 29.9 Å². The van der Waals surface area contributed by atoms with Crippen molar-refractivity contribution in [1.29, 1.82) is 0 Å². The van der Waals surface area contributed by atoms with Gasteiger partial charge in [-0.05, 0) is 82.6 Å². The van der Waals surface area contributed by atoms with E-state index < -0.39 is 16.6 Å². The maximum atomic E-state index is 13.8. The van der Waals surface area contributed by atoms with Gasteiger partial charge in [0, 0.05) is 45.3 Å². The minimum absolute atomic E-state index is 0.0396. The number of fused-ring (bicyclic) bond motifs is 5. The van der Waals surface area contributed by atoms with Crippen molar-refractivity contribution in [3.05, 3.63) is 184 Å². The molecule has 0 spiro atoms. The van der Waals surface area contributed by atoms with Crippen LogP contribution in [0, 0.1) is 10.1 Å². The van der Waals surface area contributed by atoms with Crippen molar-refractivity contribution >= 4 is 73.0 Å². The van der Waals surface area contributed by atoms with Gasteiger partial charge < -0.3 is 15.5 Å². The van der Waals surface area contributed by atoms with Gasteiger partial charge in [0.25, 0.3) is 11.6 Å². The molecule has 0 aromatic heterocycles. The summed E-state index contributed by atoms with van der Waals surface area (Å²) in [4.78, 5) is 43.4. The van der Waals surface area contributed by atoms with Crippen LogP contribution in [0.3, 0.4) is 0 Å². The molecule has 8 aromatic carbocycles. The molecule has 0 unspecified atom stereocenters. The number of non-ortho nitro benzene ring substituents is 1. The first-order valence-electron chi connectivity index (χ1n) is 18.9. The van der Waals surface area contributed by atoms with Crippen molar-refractivity contribution in [3.63, 3.8) is 0 Å². The average molecular weight is 806 g/mol. The van der Waals surface area contributed by atoms with Gasteiger partial charge in [0.15, 0.2) is 11.5 Å². The molecule has 4 N–H and O–H groups in total. The number of nitrogens with one attached hydrogen (secondary N) is 2. The molecule has 1 aliphatic carbocycles.